The normalized spacial score (nSPS) is 14.8. The lowest BCUT2D eigenvalue weighted by atomic mass is 9.81. The minimum Gasteiger partial charge on any atom is -0.462 e. The molecule has 2 heterocycles. The van der Waals surface area contributed by atoms with Crippen molar-refractivity contribution >= 4 is 17.7 Å². The van der Waals surface area contributed by atoms with Crippen LogP contribution < -0.4 is 0 Å². The molecule has 0 spiro atoms. The second-order valence-electron chi connectivity index (χ2n) is 6.56. The van der Waals surface area contributed by atoms with E-state index < -0.39 is 0 Å². The lowest BCUT2D eigenvalue weighted by molar-refractivity contribution is 0.0525. The number of ether oxygens (including phenoxy) is 1. The van der Waals surface area contributed by atoms with E-state index in [0.717, 1.165) is 17.7 Å². The minimum absolute atomic E-state index is 0.166. The highest BCUT2D eigenvalue weighted by Gasteiger charge is 2.27. The maximum atomic E-state index is 12.0. The molecule has 0 N–H and O–H groups in total. The topological polar surface area (TPSA) is 39.2 Å². The van der Waals surface area contributed by atoms with E-state index in [1.807, 2.05) is 17.8 Å². The zero-order valence-corrected chi connectivity index (χ0v) is 15.6. The molecule has 25 heavy (non-hydrogen) atoms. The van der Waals surface area contributed by atoms with Crippen molar-refractivity contribution in [2.24, 2.45) is 0 Å². The Morgan fingerprint density at radius 3 is 2.96 bits per heavy atom. The first-order chi connectivity index (χ1) is 12.0. The van der Waals surface area contributed by atoms with Crippen LogP contribution in [0.15, 0.2) is 41.4 Å². The molecule has 0 fully saturated rings. The summed E-state index contributed by atoms with van der Waals surface area (Å²) in [5.74, 6) is 6.96. The SMILES string of the molecule is CCOC(=O)c1cccnc1C#Cc1ccc2c(c1)C(C)(C)CCS2. The fraction of sp³-hybridized carbons (Fsp3) is 0.333. The summed E-state index contributed by atoms with van der Waals surface area (Å²) >= 11 is 1.90. The molecule has 3 rings (SSSR count). The van der Waals surface area contributed by atoms with Gasteiger partial charge in [0, 0.05) is 16.7 Å². The molecule has 0 atom stereocenters. The molecule has 1 aliphatic heterocycles. The highest BCUT2D eigenvalue weighted by molar-refractivity contribution is 7.99. The van der Waals surface area contributed by atoms with Crippen molar-refractivity contribution in [2.45, 2.75) is 37.5 Å². The number of pyridine rings is 1. The summed E-state index contributed by atoms with van der Waals surface area (Å²) in [4.78, 5) is 17.6. The van der Waals surface area contributed by atoms with Crippen molar-refractivity contribution in [3.8, 4) is 11.8 Å². The summed E-state index contributed by atoms with van der Waals surface area (Å²) in [6.07, 6.45) is 2.80. The molecule has 1 aliphatic rings. The Bertz CT molecular complexity index is 862. The number of benzene rings is 1. The van der Waals surface area contributed by atoms with Gasteiger partial charge in [0.2, 0.25) is 0 Å². The van der Waals surface area contributed by atoms with Crippen molar-refractivity contribution < 1.29 is 9.53 Å². The summed E-state index contributed by atoms with van der Waals surface area (Å²) in [5, 5.41) is 0. The molecule has 0 saturated carbocycles. The molecule has 128 valence electrons. The summed E-state index contributed by atoms with van der Waals surface area (Å²) in [5.41, 5.74) is 3.31. The van der Waals surface area contributed by atoms with E-state index in [1.54, 1.807) is 25.3 Å². The van der Waals surface area contributed by atoms with Crippen molar-refractivity contribution in [1.82, 2.24) is 4.98 Å². The second kappa shape index (κ2) is 7.33. The smallest absolute Gasteiger partial charge is 0.341 e. The molecule has 0 saturated heterocycles. The van der Waals surface area contributed by atoms with Crippen LogP contribution in [-0.2, 0) is 10.2 Å². The zero-order valence-electron chi connectivity index (χ0n) is 14.8. The van der Waals surface area contributed by atoms with E-state index >= 15 is 0 Å². The third-order valence-electron chi connectivity index (χ3n) is 4.32. The Morgan fingerprint density at radius 1 is 1.32 bits per heavy atom. The predicted octanol–water partition coefficient (Wildman–Crippen LogP) is 4.43. The Balaban J connectivity index is 1.94. The number of hydrogen-bond donors (Lipinski definition) is 0. The molecular formula is C21H21NO2S. The summed E-state index contributed by atoms with van der Waals surface area (Å²) in [6, 6.07) is 9.77. The fourth-order valence-electron chi connectivity index (χ4n) is 2.82. The molecule has 0 radical (unpaired) electrons. The molecule has 0 amide bonds. The molecular weight excluding hydrogens is 330 g/mol. The molecule has 4 heteroatoms. The lowest BCUT2D eigenvalue weighted by Crippen LogP contribution is -2.22. The molecule has 2 aromatic rings. The number of thioether (sulfide) groups is 1. The predicted molar refractivity (Wildman–Crippen MR) is 101 cm³/mol. The molecule has 0 unspecified atom stereocenters. The summed E-state index contributed by atoms with van der Waals surface area (Å²) in [6.45, 7) is 6.67. The molecule has 0 bridgehead atoms. The molecule has 1 aromatic carbocycles. The van der Waals surface area contributed by atoms with Crippen LogP contribution in [0.4, 0.5) is 0 Å². The minimum atomic E-state index is -0.386. The highest BCUT2D eigenvalue weighted by Crippen LogP contribution is 2.41. The van der Waals surface area contributed by atoms with E-state index in [0.29, 0.717) is 17.9 Å². The number of carbonyl (C=O) groups is 1. The fourth-order valence-corrected chi connectivity index (χ4v) is 4.31. The average Bonchev–Trinajstić information content (AvgIpc) is 2.60. The van der Waals surface area contributed by atoms with Gasteiger partial charge in [-0.1, -0.05) is 19.8 Å². The monoisotopic (exact) mass is 351 g/mol. The highest BCUT2D eigenvalue weighted by atomic mass is 32.2. The van der Waals surface area contributed by atoms with E-state index in [9.17, 15) is 4.79 Å². The van der Waals surface area contributed by atoms with Gasteiger partial charge < -0.3 is 4.74 Å². The Hall–Kier alpha value is -2.25. The van der Waals surface area contributed by atoms with E-state index in [4.69, 9.17) is 4.74 Å². The van der Waals surface area contributed by atoms with Gasteiger partial charge in [-0.15, -0.1) is 11.8 Å². The first kappa shape index (κ1) is 17.6. The number of fused-ring (bicyclic) bond motifs is 1. The van der Waals surface area contributed by atoms with Gasteiger partial charge in [-0.25, -0.2) is 9.78 Å². The van der Waals surface area contributed by atoms with Crippen LogP contribution in [0, 0.1) is 11.8 Å². The Labute approximate surface area is 153 Å². The standard InChI is InChI=1S/C21H21NO2S/c1-4-24-20(23)16-6-5-12-22-18(16)9-7-15-8-10-19-17(14-15)21(2,3)11-13-25-19/h5-6,8,10,12,14H,4,11,13H2,1-3H3. The van der Waals surface area contributed by atoms with Gasteiger partial charge in [-0.2, -0.15) is 0 Å². The molecule has 1 aromatic heterocycles. The van der Waals surface area contributed by atoms with Gasteiger partial charge in [0.15, 0.2) is 0 Å². The summed E-state index contributed by atoms with van der Waals surface area (Å²) < 4.78 is 5.07. The van der Waals surface area contributed by atoms with Crippen LogP contribution in [0.5, 0.6) is 0 Å². The number of esters is 1. The number of carbonyl (C=O) groups excluding carboxylic acids is 1. The zero-order chi connectivity index (χ0) is 17.9. The van der Waals surface area contributed by atoms with E-state index in [2.05, 4.69) is 42.8 Å². The number of nitrogens with zero attached hydrogens (tertiary/aromatic N) is 1. The second-order valence-corrected chi connectivity index (χ2v) is 7.70. The van der Waals surface area contributed by atoms with Crippen molar-refractivity contribution in [2.75, 3.05) is 12.4 Å². The van der Waals surface area contributed by atoms with Crippen LogP contribution >= 0.6 is 11.8 Å². The van der Waals surface area contributed by atoms with Gasteiger partial charge in [-0.3, -0.25) is 0 Å². The van der Waals surface area contributed by atoms with Gasteiger partial charge in [0.1, 0.15) is 5.69 Å². The van der Waals surface area contributed by atoms with Crippen LogP contribution in [0.3, 0.4) is 0 Å². The molecule has 3 nitrogen and oxygen atoms in total. The van der Waals surface area contributed by atoms with Gasteiger partial charge in [-0.05, 0) is 66.3 Å². The van der Waals surface area contributed by atoms with Crippen molar-refractivity contribution in [3.63, 3.8) is 0 Å². The van der Waals surface area contributed by atoms with Gasteiger partial charge in [0.05, 0.1) is 12.2 Å². The number of aromatic nitrogens is 1. The maximum absolute atomic E-state index is 12.0. The van der Waals surface area contributed by atoms with Gasteiger partial charge in [0.25, 0.3) is 0 Å². The molecule has 0 aliphatic carbocycles. The van der Waals surface area contributed by atoms with Crippen molar-refractivity contribution in [1.29, 1.82) is 0 Å². The van der Waals surface area contributed by atoms with Gasteiger partial charge >= 0.3 is 5.97 Å². The van der Waals surface area contributed by atoms with Crippen LogP contribution in [0.2, 0.25) is 0 Å². The third-order valence-corrected chi connectivity index (χ3v) is 5.40. The number of hydrogen-bond acceptors (Lipinski definition) is 4. The van der Waals surface area contributed by atoms with E-state index in [-0.39, 0.29) is 11.4 Å². The van der Waals surface area contributed by atoms with Crippen LogP contribution in [0.25, 0.3) is 0 Å². The summed E-state index contributed by atoms with van der Waals surface area (Å²) in [7, 11) is 0. The van der Waals surface area contributed by atoms with Crippen LogP contribution in [0.1, 0.15) is 54.4 Å². The lowest BCUT2D eigenvalue weighted by Gasteiger charge is -2.32. The number of rotatable bonds is 2. The largest absolute Gasteiger partial charge is 0.462 e. The van der Waals surface area contributed by atoms with E-state index in [1.165, 1.54) is 10.5 Å². The first-order valence-corrected chi connectivity index (χ1v) is 9.41. The van der Waals surface area contributed by atoms with Crippen molar-refractivity contribution in [3.05, 3.63) is 58.9 Å². The quantitative estimate of drug-likeness (QED) is 0.593. The Morgan fingerprint density at radius 2 is 2.16 bits per heavy atom. The first-order valence-electron chi connectivity index (χ1n) is 8.43. The van der Waals surface area contributed by atoms with Crippen LogP contribution in [-0.4, -0.2) is 23.3 Å². The average molecular weight is 351 g/mol. The Kier molecular flexibility index (Phi) is 5.15. The maximum Gasteiger partial charge on any atom is 0.341 e. The third kappa shape index (κ3) is 3.88.